The first kappa shape index (κ1) is 14.0. The number of rotatable bonds is 3. The molecule has 3 heteroatoms. The van der Waals surface area contributed by atoms with Crippen molar-refractivity contribution in [1.82, 2.24) is 4.90 Å². The average Bonchev–Trinajstić information content (AvgIpc) is 2.45. The molecule has 1 saturated heterocycles. The highest BCUT2D eigenvalue weighted by atomic mass is 16.5. The minimum Gasteiger partial charge on any atom is -0.381 e. The predicted octanol–water partition coefficient (Wildman–Crippen LogP) is 3.09. The van der Waals surface area contributed by atoms with Gasteiger partial charge in [-0.2, -0.15) is 0 Å². The van der Waals surface area contributed by atoms with Crippen LogP contribution in [0.4, 0.5) is 0 Å². The van der Waals surface area contributed by atoms with E-state index in [-0.39, 0.29) is 5.92 Å². The lowest BCUT2D eigenvalue weighted by molar-refractivity contribution is -0.142. The van der Waals surface area contributed by atoms with E-state index in [9.17, 15) is 4.79 Å². The largest absolute Gasteiger partial charge is 0.381 e. The van der Waals surface area contributed by atoms with Crippen LogP contribution in [0.1, 0.15) is 51.4 Å². The van der Waals surface area contributed by atoms with Crippen molar-refractivity contribution in [2.24, 2.45) is 29.1 Å². The third kappa shape index (κ3) is 2.62. The lowest BCUT2D eigenvalue weighted by atomic mass is 9.49. The van der Waals surface area contributed by atoms with Gasteiger partial charge in [0.25, 0.3) is 0 Å². The zero-order chi connectivity index (χ0) is 14.4. The summed E-state index contributed by atoms with van der Waals surface area (Å²) in [5.41, 5.74) is 0.477. The first-order chi connectivity index (χ1) is 10.1. The molecule has 3 nitrogen and oxygen atoms in total. The second-order valence-corrected chi connectivity index (χ2v) is 8.50. The van der Waals surface area contributed by atoms with Crippen molar-refractivity contribution in [3.05, 3.63) is 0 Å². The van der Waals surface area contributed by atoms with Crippen LogP contribution in [0.3, 0.4) is 0 Å². The minimum atomic E-state index is 0.220. The fourth-order valence-corrected chi connectivity index (χ4v) is 6.32. The number of nitrogens with zero attached hydrogens (tertiary/aromatic N) is 1. The third-order valence-electron chi connectivity index (χ3n) is 6.68. The monoisotopic (exact) mass is 291 g/mol. The molecule has 1 amide bonds. The fourth-order valence-electron chi connectivity index (χ4n) is 6.32. The van der Waals surface area contributed by atoms with Gasteiger partial charge in [-0.3, -0.25) is 4.79 Å². The summed E-state index contributed by atoms with van der Waals surface area (Å²) < 4.78 is 5.39. The first-order valence-electron chi connectivity index (χ1n) is 8.96. The standard InChI is InChI=1S/C18H29NO2/c1-19(17(20)16-2-4-21-5-3-16)12-18-9-13-6-14(10-18)8-15(7-13)11-18/h13-16H,2-12H2,1H3. The highest BCUT2D eigenvalue weighted by molar-refractivity contribution is 5.78. The Hall–Kier alpha value is -0.570. The van der Waals surface area contributed by atoms with Crippen molar-refractivity contribution in [1.29, 1.82) is 0 Å². The maximum Gasteiger partial charge on any atom is 0.225 e. The summed E-state index contributed by atoms with van der Waals surface area (Å²) in [5, 5.41) is 0. The Morgan fingerprint density at radius 1 is 1.05 bits per heavy atom. The molecule has 0 aromatic rings. The van der Waals surface area contributed by atoms with Crippen LogP contribution in [0, 0.1) is 29.1 Å². The van der Waals surface area contributed by atoms with Crippen LogP contribution in [0.15, 0.2) is 0 Å². The molecule has 1 heterocycles. The van der Waals surface area contributed by atoms with Gasteiger partial charge in [0.05, 0.1) is 0 Å². The molecule has 0 radical (unpaired) electrons. The van der Waals surface area contributed by atoms with Gasteiger partial charge in [-0.05, 0) is 74.5 Å². The Labute approximate surface area is 128 Å². The molecule has 118 valence electrons. The molecule has 1 aliphatic heterocycles. The van der Waals surface area contributed by atoms with Gasteiger partial charge in [-0.1, -0.05) is 0 Å². The molecular weight excluding hydrogens is 262 g/mol. The van der Waals surface area contributed by atoms with Crippen LogP contribution in [0.25, 0.3) is 0 Å². The quantitative estimate of drug-likeness (QED) is 0.799. The Balaban J connectivity index is 1.41. The van der Waals surface area contributed by atoms with E-state index < -0.39 is 0 Å². The first-order valence-corrected chi connectivity index (χ1v) is 8.96. The number of hydrogen-bond acceptors (Lipinski definition) is 2. The minimum absolute atomic E-state index is 0.220. The molecule has 4 aliphatic carbocycles. The Bertz CT molecular complexity index is 378. The van der Waals surface area contributed by atoms with E-state index >= 15 is 0 Å². The van der Waals surface area contributed by atoms with E-state index in [2.05, 4.69) is 11.9 Å². The van der Waals surface area contributed by atoms with Crippen LogP contribution in [0.2, 0.25) is 0 Å². The topological polar surface area (TPSA) is 29.5 Å². The van der Waals surface area contributed by atoms with E-state index in [0.29, 0.717) is 11.3 Å². The van der Waals surface area contributed by atoms with E-state index in [1.165, 1.54) is 38.5 Å². The molecular formula is C18H29NO2. The number of carbonyl (C=O) groups excluding carboxylic acids is 1. The normalized spacial score (nSPS) is 42.2. The number of hydrogen-bond donors (Lipinski definition) is 0. The molecule has 4 saturated carbocycles. The van der Waals surface area contributed by atoms with Crippen LogP contribution in [-0.4, -0.2) is 37.6 Å². The summed E-state index contributed by atoms with van der Waals surface area (Å²) in [4.78, 5) is 14.8. The predicted molar refractivity (Wildman–Crippen MR) is 81.8 cm³/mol. The molecule has 5 aliphatic rings. The summed E-state index contributed by atoms with van der Waals surface area (Å²) in [7, 11) is 2.05. The van der Waals surface area contributed by atoms with Crippen molar-refractivity contribution >= 4 is 5.91 Å². The van der Waals surface area contributed by atoms with Crippen LogP contribution < -0.4 is 0 Å². The second kappa shape index (κ2) is 5.26. The van der Waals surface area contributed by atoms with E-state index in [0.717, 1.165) is 50.4 Å². The molecule has 0 atom stereocenters. The van der Waals surface area contributed by atoms with E-state index in [1.807, 2.05) is 0 Å². The highest BCUT2D eigenvalue weighted by Gasteiger charge is 2.51. The molecule has 5 fully saturated rings. The maximum atomic E-state index is 12.7. The molecule has 0 N–H and O–H groups in total. The maximum absolute atomic E-state index is 12.7. The molecule has 21 heavy (non-hydrogen) atoms. The Morgan fingerprint density at radius 2 is 1.57 bits per heavy atom. The molecule has 0 unspecified atom stereocenters. The van der Waals surface area contributed by atoms with E-state index in [1.54, 1.807) is 0 Å². The second-order valence-electron chi connectivity index (χ2n) is 8.50. The highest BCUT2D eigenvalue weighted by Crippen LogP contribution is 2.60. The van der Waals surface area contributed by atoms with Gasteiger partial charge >= 0.3 is 0 Å². The zero-order valence-electron chi connectivity index (χ0n) is 13.4. The van der Waals surface area contributed by atoms with Gasteiger partial charge in [0.15, 0.2) is 0 Å². The van der Waals surface area contributed by atoms with Crippen molar-refractivity contribution in [2.45, 2.75) is 51.4 Å². The number of ether oxygens (including phenoxy) is 1. The summed E-state index contributed by atoms with van der Waals surface area (Å²) in [6.45, 7) is 2.55. The van der Waals surface area contributed by atoms with Crippen LogP contribution in [-0.2, 0) is 9.53 Å². The summed E-state index contributed by atoms with van der Waals surface area (Å²) in [6.07, 6.45) is 10.5. The van der Waals surface area contributed by atoms with Crippen LogP contribution in [0.5, 0.6) is 0 Å². The SMILES string of the molecule is CN(CC12CC3CC(CC(C3)C1)C2)C(=O)C1CCOCC1. The molecule has 4 bridgehead atoms. The van der Waals surface area contributed by atoms with Crippen LogP contribution >= 0.6 is 0 Å². The number of carbonyl (C=O) groups is 1. The zero-order valence-corrected chi connectivity index (χ0v) is 13.4. The molecule has 0 spiro atoms. The summed E-state index contributed by atoms with van der Waals surface area (Å²) in [5.74, 6) is 3.53. The van der Waals surface area contributed by atoms with Gasteiger partial charge in [0.2, 0.25) is 5.91 Å². The molecule has 0 aromatic heterocycles. The third-order valence-corrected chi connectivity index (χ3v) is 6.68. The Morgan fingerprint density at radius 3 is 2.10 bits per heavy atom. The summed E-state index contributed by atoms with van der Waals surface area (Å²) in [6, 6.07) is 0. The van der Waals surface area contributed by atoms with Gasteiger partial charge < -0.3 is 9.64 Å². The van der Waals surface area contributed by atoms with Crippen molar-refractivity contribution < 1.29 is 9.53 Å². The molecule has 5 rings (SSSR count). The number of amides is 1. The van der Waals surface area contributed by atoms with Gasteiger partial charge in [-0.25, -0.2) is 0 Å². The smallest absolute Gasteiger partial charge is 0.225 e. The fraction of sp³-hybridized carbons (Fsp3) is 0.944. The van der Waals surface area contributed by atoms with E-state index in [4.69, 9.17) is 4.74 Å². The van der Waals surface area contributed by atoms with Gasteiger partial charge in [-0.15, -0.1) is 0 Å². The average molecular weight is 291 g/mol. The van der Waals surface area contributed by atoms with Gasteiger partial charge in [0.1, 0.15) is 0 Å². The van der Waals surface area contributed by atoms with Crippen molar-refractivity contribution in [2.75, 3.05) is 26.8 Å². The lowest BCUT2D eigenvalue weighted by Gasteiger charge is -2.57. The van der Waals surface area contributed by atoms with Crippen molar-refractivity contribution in [3.8, 4) is 0 Å². The lowest BCUT2D eigenvalue weighted by Crippen LogP contribution is -2.52. The van der Waals surface area contributed by atoms with Gasteiger partial charge in [0, 0.05) is 32.7 Å². The Kier molecular flexibility index (Phi) is 3.52. The molecule has 0 aromatic carbocycles. The van der Waals surface area contributed by atoms with Crippen molar-refractivity contribution in [3.63, 3.8) is 0 Å². The summed E-state index contributed by atoms with van der Waals surface area (Å²) >= 11 is 0.